The summed E-state index contributed by atoms with van der Waals surface area (Å²) in [6.45, 7) is 0. The van der Waals surface area contributed by atoms with Gasteiger partial charge in [0, 0.05) is 12.5 Å². The molecule has 0 heterocycles. The fourth-order valence-corrected chi connectivity index (χ4v) is 1.99. The highest BCUT2D eigenvalue weighted by Gasteiger charge is 2.52. The van der Waals surface area contributed by atoms with E-state index in [1.807, 2.05) is 7.11 Å². The van der Waals surface area contributed by atoms with Crippen molar-refractivity contribution in [2.45, 2.75) is 31.8 Å². The van der Waals surface area contributed by atoms with Gasteiger partial charge < -0.3 is 4.74 Å². The zero-order valence-electron chi connectivity index (χ0n) is 6.47. The van der Waals surface area contributed by atoms with E-state index in [0.29, 0.717) is 11.5 Å². The van der Waals surface area contributed by atoms with Gasteiger partial charge in [0.15, 0.2) is 0 Å². The van der Waals surface area contributed by atoms with Gasteiger partial charge >= 0.3 is 0 Å². The fraction of sp³-hybridized carbons (Fsp3) is 0.778. The van der Waals surface area contributed by atoms with E-state index in [2.05, 4.69) is 12.2 Å². The van der Waals surface area contributed by atoms with Crippen molar-refractivity contribution >= 4 is 0 Å². The average molecular weight is 138 g/mol. The van der Waals surface area contributed by atoms with Gasteiger partial charge in [-0.1, -0.05) is 12.2 Å². The van der Waals surface area contributed by atoms with Crippen molar-refractivity contribution in [2.24, 2.45) is 5.41 Å². The van der Waals surface area contributed by atoms with E-state index in [-0.39, 0.29) is 0 Å². The third-order valence-electron chi connectivity index (χ3n) is 2.79. The van der Waals surface area contributed by atoms with Crippen molar-refractivity contribution in [3.8, 4) is 0 Å². The summed E-state index contributed by atoms with van der Waals surface area (Å²) in [5, 5.41) is 0. The van der Waals surface area contributed by atoms with Crippen LogP contribution in [0.3, 0.4) is 0 Å². The molecule has 0 aliphatic heterocycles. The standard InChI is InChI=1S/C9H14O/c1-10-8-7-9(8)5-3-2-4-6-9/h3,5,8H,2,4,6-7H2,1H3. The highest BCUT2D eigenvalue weighted by Crippen LogP contribution is 2.54. The second kappa shape index (κ2) is 2.09. The van der Waals surface area contributed by atoms with Gasteiger partial charge in [0.05, 0.1) is 6.10 Å². The van der Waals surface area contributed by atoms with Crippen molar-refractivity contribution in [1.29, 1.82) is 0 Å². The maximum absolute atomic E-state index is 5.30. The molecule has 0 aromatic heterocycles. The lowest BCUT2D eigenvalue weighted by molar-refractivity contribution is 0.151. The molecule has 0 aromatic rings. The molecule has 1 fully saturated rings. The van der Waals surface area contributed by atoms with Gasteiger partial charge in [0.25, 0.3) is 0 Å². The number of allylic oxidation sites excluding steroid dienone is 1. The smallest absolute Gasteiger partial charge is 0.0672 e. The topological polar surface area (TPSA) is 9.23 Å². The maximum Gasteiger partial charge on any atom is 0.0672 e. The highest BCUT2D eigenvalue weighted by molar-refractivity contribution is 5.18. The summed E-state index contributed by atoms with van der Waals surface area (Å²) >= 11 is 0. The molecule has 1 spiro atoms. The molecule has 2 rings (SSSR count). The zero-order valence-corrected chi connectivity index (χ0v) is 6.47. The lowest BCUT2D eigenvalue weighted by Crippen LogP contribution is -2.07. The van der Waals surface area contributed by atoms with Crippen molar-refractivity contribution in [1.82, 2.24) is 0 Å². The third-order valence-corrected chi connectivity index (χ3v) is 2.79. The van der Waals surface area contributed by atoms with Crippen molar-refractivity contribution in [2.75, 3.05) is 7.11 Å². The largest absolute Gasteiger partial charge is 0.381 e. The number of hydrogen-bond donors (Lipinski definition) is 0. The van der Waals surface area contributed by atoms with E-state index in [0.717, 1.165) is 0 Å². The molecule has 0 radical (unpaired) electrons. The monoisotopic (exact) mass is 138 g/mol. The molecular formula is C9H14O. The Morgan fingerprint density at radius 2 is 2.50 bits per heavy atom. The van der Waals surface area contributed by atoms with Crippen LogP contribution in [0.4, 0.5) is 0 Å². The van der Waals surface area contributed by atoms with Crippen LogP contribution in [0.25, 0.3) is 0 Å². The second-order valence-electron chi connectivity index (χ2n) is 3.46. The quantitative estimate of drug-likeness (QED) is 0.504. The SMILES string of the molecule is COC1CC12C=CCCC2. The Morgan fingerprint density at radius 3 is 3.00 bits per heavy atom. The van der Waals surface area contributed by atoms with Crippen LogP contribution in [0.1, 0.15) is 25.7 Å². The Morgan fingerprint density at radius 1 is 1.60 bits per heavy atom. The Labute approximate surface area is 62.1 Å². The second-order valence-corrected chi connectivity index (χ2v) is 3.46. The predicted molar refractivity (Wildman–Crippen MR) is 40.8 cm³/mol. The lowest BCUT2D eigenvalue weighted by Gasteiger charge is -2.15. The molecule has 2 atom stereocenters. The van der Waals surface area contributed by atoms with Crippen LogP contribution < -0.4 is 0 Å². The van der Waals surface area contributed by atoms with Gasteiger partial charge in [-0.05, 0) is 25.7 Å². The fourth-order valence-electron chi connectivity index (χ4n) is 1.99. The van der Waals surface area contributed by atoms with Crippen LogP contribution in [-0.2, 0) is 4.74 Å². The van der Waals surface area contributed by atoms with Crippen LogP contribution in [0.5, 0.6) is 0 Å². The first-order valence-electron chi connectivity index (χ1n) is 4.08. The normalized spacial score (nSPS) is 44.3. The molecule has 56 valence electrons. The van der Waals surface area contributed by atoms with Gasteiger partial charge in [-0.2, -0.15) is 0 Å². The van der Waals surface area contributed by atoms with Gasteiger partial charge in [0.2, 0.25) is 0 Å². The highest BCUT2D eigenvalue weighted by atomic mass is 16.5. The molecule has 0 bridgehead atoms. The van der Waals surface area contributed by atoms with Crippen LogP contribution in [-0.4, -0.2) is 13.2 Å². The molecule has 1 saturated carbocycles. The predicted octanol–water partition coefficient (Wildman–Crippen LogP) is 2.13. The summed E-state index contributed by atoms with van der Waals surface area (Å²) in [5.41, 5.74) is 0.493. The van der Waals surface area contributed by atoms with Crippen LogP contribution in [0.15, 0.2) is 12.2 Å². The molecule has 2 unspecified atom stereocenters. The first-order valence-corrected chi connectivity index (χ1v) is 4.08. The van der Waals surface area contributed by atoms with E-state index in [4.69, 9.17) is 4.74 Å². The molecule has 0 amide bonds. The summed E-state index contributed by atoms with van der Waals surface area (Å²) in [7, 11) is 1.82. The van der Waals surface area contributed by atoms with Gasteiger partial charge in [-0.3, -0.25) is 0 Å². The summed E-state index contributed by atoms with van der Waals surface area (Å²) in [6.07, 6.45) is 10.5. The molecule has 2 aliphatic carbocycles. The minimum Gasteiger partial charge on any atom is -0.381 e. The van der Waals surface area contributed by atoms with Crippen LogP contribution in [0, 0.1) is 5.41 Å². The molecule has 0 N–H and O–H groups in total. The molecule has 1 heteroatoms. The van der Waals surface area contributed by atoms with Crippen molar-refractivity contribution in [3.05, 3.63) is 12.2 Å². The molecule has 2 aliphatic rings. The number of ether oxygens (including phenoxy) is 1. The van der Waals surface area contributed by atoms with E-state index < -0.39 is 0 Å². The first kappa shape index (κ1) is 6.41. The Bertz CT molecular complexity index is 162. The molecule has 0 saturated heterocycles. The van der Waals surface area contributed by atoms with E-state index in [9.17, 15) is 0 Å². The van der Waals surface area contributed by atoms with Gasteiger partial charge in [-0.25, -0.2) is 0 Å². The van der Waals surface area contributed by atoms with E-state index in [1.165, 1.54) is 25.7 Å². The maximum atomic E-state index is 5.30. The number of hydrogen-bond acceptors (Lipinski definition) is 1. The molecule has 1 nitrogen and oxygen atoms in total. The van der Waals surface area contributed by atoms with Gasteiger partial charge in [0.1, 0.15) is 0 Å². The Hall–Kier alpha value is -0.300. The molecule has 10 heavy (non-hydrogen) atoms. The number of methoxy groups -OCH3 is 1. The van der Waals surface area contributed by atoms with Crippen LogP contribution >= 0.6 is 0 Å². The summed E-state index contributed by atoms with van der Waals surface area (Å²) in [6, 6.07) is 0. The Kier molecular flexibility index (Phi) is 1.34. The summed E-state index contributed by atoms with van der Waals surface area (Å²) in [5.74, 6) is 0. The minimum atomic E-state index is 0.493. The average Bonchev–Trinajstić information content (AvgIpc) is 2.65. The van der Waals surface area contributed by atoms with Crippen molar-refractivity contribution < 1.29 is 4.74 Å². The number of rotatable bonds is 1. The molecule has 0 aromatic carbocycles. The van der Waals surface area contributed by atoms with Crippen molar-refractivity contribution in [3.63, 3.8) is 0 Å². The van der Waals surface area contributed by atoms with E-state index in [1.54, 1.807) is 0 Å². The summed E-state index contributed by atoms with van der Waals surface area (Å²) < 4.78 is 5.30. The minimum absolute atomic E-state index is 0.493. The van der Waals surface area contributed by atoms with Crippen LogP contribution in [0.2, 0.25) is 0 Å². The molecular weight excluding hydrogens is 124 g/mol. The van der Waals surface area contributed by atoms with E-state index >= 15 is 0 Å². The zero-order chi connectivity index (χ0) is 7.03. The summed E-state index contributed by atoms with van der Waals surface area (Å²) in [4.78, 5) is 0. The van der Waals surface area contributed by atoms with Gasteiger partial charge in [-0.15, -0.1) is 0 Å². The third kappa shape index (κ3) is 0.807. The Balaban J connectivity index is 2.04. The first-order chi connectivity index (χ1) is 4.87. The lowest BCUT2D eigenvalue weighted by atomic mass is 9.93.